The van der Waals surface area contributed by atoms with E-state index in [1.54, 1.807) is 11.3 Å². The van der Waals surface area contributed by atoms with Crippen LogP contribution in [0.1, 0.15) is 69.0 Å². The molecule has 6 heteroatoms. The average molecular weight is 340 g/mol. The quantitative estimate of drug-likeness (QED) is 0.697. The van der Waals surface area contributed by atoms with E-state index in [4.69, 9.17) is 0 Å². The number of hydrogen-bond donors (Lipinski definition) is 3. The summed E-state index contributed by atoms with van der Waals surface area (Å²) in [4.78, 5) is 16.4. The largest absolute Gasteiger partial charge is 0.388 e. The Labute approximate surface area is 142 Å². The summed E-state index contributed by atoms with van der Waals surface area (Å²) in [6.07, 6.45) is 6.75. The van der Waals surface area contributed by atoms with Crippen LogP contribution in [-0.4, -0.2) is 34.8 Å². The zero-order chi connectivity index (χ0) is 16.7. The molecule has 2 rings (SSSR count). The Bertz CT molecular complexity index is 494. The molecular weight excluding hydrogens is 310 g/mol. The van der Waals surface area contributed by atoms with Gasteiger partial charge in [0, 0.05) is 30.8 Å². The Kier molecular flexibility index (Phi) is 6.84. The van der Waals surface area contributed by atoms with Crippen molar-refractivity contribution in [2.75, 3.05) is 13.1 Å². The molecule has 1 aliphatic carbocycles. The molecule has 0 aromatic carbocycles. The van der Waals surface area contributed by atoms with Crippen LogP contribution in [0.3, 0.4) is 0 Å². The summed E-state index contributed by atoms with van der Waals surface area (Å²) in [5.41, 5.74) is 0.302. The van der Waals surface area contributed by atoms with Crippen molar-refractivity contribution >= 4 is 17.4 Å². The minimum atomic E-state index is -0.727. The van der Waals surface area contributed by atoms with Gasteiger partial charge < -0.3 is 15.7 Å². The first-order chi connectivity index (χ1) is 11.0. The molecule has 0 saturated heterocycles. The van der Waals surface area contributed by atoms with Crippen molar-refractivity contribution in [2.45, 2.75) is 70.3 Å². The lowest BCUT2D eigenvalue weighted by Crippen LogP contribution is -2.46. The van der Waals surface area contributed by atoms with E-state index >= 15 is 0 Å². The van der Waals surface area contributed by atoms with E-state index in [1.165, 1.54) is 12.8 Å². The number of nitrogens with one attached hydrogen (secondary N) is 2. The van der Waals surface area contributed by atoms with E-state index in [2.05, 4.69) is 34.8 Å². The SMILES string of the molecule is CC(C)c1nc(CCNC(=O)NCC2(O)CCCCCC2)cs1. The van der Waals surface area contributed by atoms with E-state index in [1.807, 2.05) is 0 Å². The van der Waals surface area contributed by atoms with Gasteiger partial charge in [-0.25, -0.2) is 9.78 Å². The maximum atomic E-state index is 11.9. The Morgan fingerprint density at radius 3 is 2.61 bits per heavy atom. The Balaban J connectivity index is 1.66. The molecule has 0 spiro atoms. The summed E-state index contributed by atoms with van der Waals surface area (Å²) in [7, 11) is 0. The second-order valence-corrected chi connectivity index (χ2v) is 7.72. The number of thiazole rings is 1. The highest BCUT2D eigenvalue weighted by Crippen LogP contribution is 2.26. The van der Waals surface area contributed by atoms with Gasteiger partial charge in [-0.2, -0.15) is 0 Å². The molecule has 1 heterocycles. The summed E-state index contributed by atoms with van der Waals surface area (Å²) >= 11 is 1.67. The van der Waals surface area contributed by atoms with Crippen molar-refractivity contribution < 1.29 is 9.90 Å². The summed E-state index contributed by atoms with van der Waals surface area (Å²) in [6.45, 7) is 5.16. The molecule has 0 bridgehead atoms. The number of aromatic nitrogens is 1. The van der Waals surface area contributed by atoms with Gasteiger partial charge in [-0.15, -0.1) is 11.3 Å². The molecule has 1 fully saturated rings. The van der Waals surface area contributed by atoms with Crippen molar-refractivity contribution in [1.29, 1.82) is 0 Å². The molecule has 0 aliphatic heterocycles. The van der Waals surface area contributed by atoms with Crippen molar-refractivity contribution in [3.8, 4) is 0 Å². The zero-order valence-corrected chi connectivity index (χ0v) is 15.0. The molecule has 23 heavy (non-hydrogen) atoms. The van der Waals surface area contributed by atoms with Crippen LogP contribution < -0.4 is 10.6 Å². The van der Waals surface area contributed by atoms with Gasteiger partial charge in [-0.3, -0.25) is 0 Å². The molecule has 1 aromatic heterocycles. The van der Waals surface area contributed by atoms with Gasteiger partial charge in [0.1, 0.15) is 0 Å². The van der Waals surface area contributed by atoms with E-state index < -0.39 is 5.60 Å². The van der Waals surface area contributed by atoms with Gasteiger partial charge in [0.15, 0.2) is 0 Å². The van der Waals surface area contributed by atoms with Crippen LogP contribution in [0.4, 0.5) is 4.79 Å². The standard InChI is InChI=1S/C17H29N3O2S/c1-13(2)15-20-14(11-23-15)7-10-18-16(21)19-12-17(22)8-5-3-4-6-9-17/h11,13,22H,3-10,12H2,1-2H3,(H2,18,19,21). The van der Waals surface area contributed by atoms with Gasteiger partial charge >= 0.3 is 6.03 Å². The first kappa shape index (κ1) is 18.2. The van der Waals surface area contributed by atoms with Gasteiger partial charge in [-0.05, 0) is 12.8 Å². The predicted molar refractivity (Wildman–Crippen MR) is 94.0 cm³/mol. The number of amides is 2. The summed E-state index contributed by atoms with van der Waals surface area (Å²) in [5, 5.41) is 19.4. The number of rotatable bonds is 6. The number of carbonyl (C=O) groups is 1. The minimum absolute atomic E-state index is 0.206. The first-order valence-corrected chi connectivity index (χ1v) is 9.55. The fraction of sp³-hybridized carbons (Fsp3) is 0.765. The number of nitrogens with zero attached hydrogens (tertiary/aromatic N) is 1. The molecule has 1 aliphatic rings. The molecule has 0 atom stereocenters. The molecule has 0 radical (unpaired) electrons. The maximum Gasteiger partial charge on any atom is 0.314 e. The molecule has 130 valence electrons. The topological polar surface area (TPSA) is 74.2 Å². The van der Waals surface area contributed by atoms with Gasteiger partial charge in [0.05, 0.1) is 16.3 Å². The molecule has 5 nitrogen and oxygen atoms in total. The van der Waals surface area contributed by atoms with E-state index in [-0.39, 0.29) is 6.03 Å². The Hall–Kier alpha value is -1.14. The van der Waals surface area contributed by atoms with Crippen LogP contribution in [0, 0.1) is 0 Å². The molecule has 1 aromatic rings. The summed E-state index contributed by atoms with van der Waals surface area (Å²) in [5.74, 6) is 0.449. The maximum absolute atomic E-state index is 11.9. The lowest BCUT2D eigenvalue weighted by Gasteiger charge is -2.26. The monoisotopic (exact) mass is 339 g/mol. The highest BCUT2D eigenvalue weighted by Gasteiger charge is 2.28. The molecule has 0 unspecified atom stereocenters. The second kappa shape index (κ2) is 8.64. The number of urea groups is 1. The van der Waals surface area contributed by atoms with Gasteiger partial charge in [0.25, 0.3) is 0 Å². The number of hydrogen-bond acceptors (Lipinski definition) is 4. The zero-order valence-electron chi connectivity index (χ0n) is 14.2. The lowest BCUT2D eigenvalue weighted by atomic mass is 9.95. The summed E-state index contributed by atoms with van der Waals surface area (Å²) < 4.78 is 0. The Morgan fingerprint density at radius 2 is 2.00 bits per heavy atom. The van der Waals surface area contributed by atoms with Crippen LogP contribution in [0.25, 0.3) is 0 Å². The van der Waals surface area contributed by atoms with Crippen molar-refractivity contribution in [1.82, 2.24) is 15.6 Å². The molecule has 1 saturated carbocycles. The van der Waals surface area contributed by atoms with E-state index in [9.17, 15) is 9.90 Å². The van der Waals surface area contributed by atoms with Crippen LogP contribution >= 0.6 is 11.3 Å². The highest BCUT2D eigenvalue weighted by atomic mass is 32.1. The Morgan fingerprint density at radius 1 is 1.30 bits per heavy atom. The van der Waals surface area contributed by atoms with Gasteiger partial charge in [-0.1, -0.05) is 39.5 Å². The minimum Gasteiger partial charge on any atom is -0.388 e. The van der Waals surface area contributed by atoms with Crippen molar-refractivity contribution in [3.05, 3.63) is 16.1 Å². The molecule has 3 N–H and O–H groups in total. The molecule has 2 amide bonds. The predicted octanol–water partition coefficient (Wildman–Crippen LogP) is 3.19. The van der Waals surface area contributed by atoms with Crippen molar-refractivity contribution in [2.24, 2.45) is 0 Å². The fourth-order valence-corrected chi connectivity index (χ4v) is 3.75. The van der Waals surface area contributed by atoms with Crippen LogP contribution in [0.2, 0.25) is 0 Å². The third kappa shape index (κ3) is 6.11. The van der Waals surface area contributed by atoms with Crippen LogP contribution in [0.15, 0.2) is 5.38 Å². The van der Waals surface area contributed by atoms with E-state index in [0.717, 1.165) is 42.8 Å². The third-order valence-corrected chi connectivity index (χ3v) is 5.54. The number of carbonyl (C=O) groups excluding carboxylic acids is 1. The fourth-order valence-electron chi connectivity index (χ4n) is 2.88. The smallest absolute Gasteiger partial charge is 0.314 e. The normalized spacial score (nSPS) is 17.7. The lowest BCUT2D eigenvalue weighted by molar-refractivity contribution is 0.0277. The van der Waals surface area contributed by atoms with Crippen LogP contribution in [-0.2, 0) is 6.42 Å². The van der Waals surface area contributed by atoms with Crippen LogP contribution in [0.5, 0.6) is 0 Å². The van der Waals surface area contributed by atoms with E-state index in [0.29, 0.717) is 19.0 Å². The summed E-state index contributed by atoms with van der Waals surface area (Å²) in [6, 6.07) is -0.206. The second-order valence-electron chi connectivity index (χ2n) is 6.83. The highest BCUT2D eigenvalue weighted by molar-refractivity contribution is 7.09. The molecular formula is C17H29N3O2S. The third-order valence-electron chi connectivity index (χ3n) is 4.34. The number of aliphatic hydroxyl groups is 1. The first-order valence-electron chi connectivity index (χ1n) is 8.67. The van der Waals surface area contributed by atoms with Crippen molar-refractivity contribution in [3.63, 3.8) is 0 Å². The van der Waals surface area contributed by atoms with Gasteiger partial charge in [0.2, 0.25) is 0 Å². The average Bonchev–Trinajstić information content (AvgIpc) is 2.88.